The van der Waals surface area contributed by atoms with Gasteiger partial charge in [0.1, 0.15) is 5.69 Å². The van der Waals surface area contributed by atoms with Gasteiger partial charge in [0, 0.05) is 49.6 Å². The van der Waals surface area contributed by atoms with Crippen molar-refractivity contribution >= 4 is 22.7 Å². The Morgan fingerprint density at radius 2 is 1.67 bits per heavy atom. The SMILES string of the molecule is C[C@@H]1CN([C@H](C)CO)C(=O)c2c(c3ccccc3n2C)-c2ccccc2CO[C@H]1CN(C)C(=O)[C@@H](Cc1ccccc1)N(C)C. The number of benzene rings is 3. The number of aromatic nitrogens is 1. The van der Waals surface area contributed by atoms with Gasteiger partial charge in [0.25, 0.3) is 5.91 Å². The van der Waals surface area contributed by atoms with Crippen LogP contribution >= 0.6 is 0 Å². The van der Waals surface area contributed by atoms with Crippen molar-refractivity contribution in [2.24, 2.45) is 13.0 Å². The second kappa shape index (κ2) is 14.0. The molecule has 3 aromatic carbocycles. The van der Waals surface area contributed by atoms with Crippen LogP contribution < -0.4 is 0 Å². The van der Waals surface area contributed by atoms with E-state index in [0.29, 0.717) is 31.8 Å². The summed E-state index contributed by atoms with van der Waals surface area (Å²) in [7, 11) is 7.64. The number of ether oxygens (including phenoxy) is 1. The molecule has 238 valence electrons. The van der Waals surface area contributed by atoms with E-state index in [1.807, 2.05) is 111 Å². The molecule has 4 aromatic rings. The fourth-order valence-electron chi connectivity index (χ4n) is 6.47. The molecule has 2 heterocycles. The van der Waals surface area contributed by atoms with Gasteiger partial charge in [0.2, 0.25) is 5.91 Å². The number of hydrogen-bond donors (Lipinski definition) is 1. The third-order valence-corrected chi connectivity index (χ3v) is 9.24. The number of hydrogen-bond acceptors (Lipinski definition) is 5. The lowest BCUT2D eigenvalue weighted by Gasteiger charge is -2.36. The van der Waals surface area contributed by atoms with Crippen molar-refractivity contribution in [1.29, 1.82) is 0 Å². The number of carbonyl (C=O) groups excluding carboxylic acids is 2. The highest BCUT2D eigenvalue weighted by Crippen LogP contribution is 2.38. The number of amides is 2. The Morgan fingerprint density at radius 1 is 1.00 bits per heavy atom. The van der Waals surface area contributed by atoms with E-state index < -0.39 is 6.04 Å². The number of carbonyl (C=O) groups is 2. The van der Waals surface area contributed by atoms with Crippen LogP contribution in [0, 0.1) is 5.92 Å². The molecule has 0 fully saturated rings. The van der Waals surface area contributed by atoms with Gasteiger partial charge in [-0.3, -0.25) is 14.5 Å². The predicted molar refractivity (Wildman–Crippen MR) is 179 cm³/mol. The van der Waals surface area contributed by atoms with Crippen molar-refractivity contribution in [3.05, 3.63) is 95.7 Å². The molecular formula is C37H46N4O4. The number of fused-ring (bicyclic) bond motifs is 5. The molecule has 1 N–H and O–H groups in total. The second-order valence-corrected chi connectivity index (χ2v) is 12.7. The van der Waals surface area contributed by atoms with E-state index in [4.69, 9.17) is 4.74 Å². The fourth-order valence-corrected chi connectivity index (χ4v) is 6.47. The Bertz CT molecular complexity index is 1630. The van der Waals surface area contributed by atoms with Gasteiger partial charge < -0.3 is 24.2 Å². The summed E-state index contributed by atoms with van der Waals surface area (Å²) in [5.41, 5.74) is 5.47. The minimum absolute atomic E-state index is 0.0184. The number of likely N-dealkylation sites (N-methyl/N-ethyl adjacent to an activating group) is 2. The van der Waals surface area contributed by atoms with E-state index >= 15 is 0 Å². The normalized spacial score (nSPS) is 18.7. The van der Waals surface area contributed by atoms with E-state index in [0.717, 1.165) is 33.2 Å². The maximum absolute atomic E-state index is 14.6. The molecule has 0 saturated carbocycles. The molecule has 5 rings (SSSR count). The van der Waals surface area contributed by atoms with Gasteiger partial charge in [-0.2, -0.15) is 0 Å². The Hall–Kier alpha value is -3.98. The first-order valence-corrected chi connectivity index (χ1v) is 15.8. The van der Waals surface area contributed by atoms with Crippen LogP contribution in [0.2, 0.25) is 0 Å². The quantitative estimate of drug-likeness (QED) is 0.309. The topological polar surface area (TPSA) is 78.2 Å². The van der Waals surface area contributed by atoms with E-state index in [-0.39, 0.29) is 36.5 Å². The van der Waals surface area contributed by atoms with Gasteiger partial charge in [-0.15, -0.1) is 0 Å². The number of aryl methyl sites for hydroxylation is 1. The van der Waals surface area contributed by atoms with Crippen molar-refractivity contribution in [3.8, 4) is 11.1 Å². The average molecular weight is 611 g/mol. The summed E-state index contributed by atoms with van der Waals surface area (Å²) >= 11 is 0. The molecule has 1 aliphatic rings. The first-order valence-electron chi connectivity index (χ1n) is 15.8. The molecule has 1 aliphatic heterocycles. The molecule has 8 heteroatoms. The lowest BCUT2D eigenvalue weighted by molar-refractivity contribution is -0.137. The lowest BCUT2D eigenvalue weighted by atomic mass is 9.96. The van der Waals surface area contributed by atoms with Crippen molar-refractivity contribution in [2.75, 3.05) is 40.8 Å². The Labute approximate surface area is 266 Å². The summed E-state index contributed by atoms with van der Waals surface area (Å²) in [5.74, 6) is -0.244. The van der Waals surface area contributed by atoms with Crippen LogP contribution in [0.3, 0.4) is 0 Å². The molecule has 0 unspecified atom stereocenters. The molecule has 1 aromatic heterocycles. The summed E-state index contributed by atoms with van der Waals surface area (Å²) in [6, 6.07) is 25.5. The minimum Gasteiger partial charge on any atom is -0.394 e. The van der Waals surface area contributed by atoms with Crippen LogP contribution in [0.4, 0.5) is 0 Å². The molecule has 0 aliphatic carbocycles. The predicted octanol–water partition coefficient (Wildman–Crippen LogP) is 4.83. The summed E-state index contributed by atoms with van der Waals surface area (Å²) in [5, 5.41) is 11.3. The van der Waals surface area contributed by atoms with Crippen LogP contribution in [0.25, 0.3) is 22.0 Å². The molecule has 45 heavy (non-hydrogen) atoms. The van der Waals surface area contributed by atoms with Crippen LogP contribution in [0.1, 0.15) is 35.5 Å². The first-order chi connectivity index (χ1) is 21.6. The molecule has 0 spiro atoms. The average Bonchev–Trinajstić information content (AvgIpc) is 3.34. The Balaban J connectivity index is 1.52. The van der Waals surface area contributed by atoms with Crippen LogP contribution in [0.15, 0.2) is 78.9 Å². The molecular weight excluding hydrogens is 564 g/mol. The zero-order chi connectivity index (χ0) is 32.2. The smallest absolute Gasteiger partial charge is 0.271 e. The maximum Gasteiger partial charge on any atom is 0.271 e. The Morgan fingerprint density at radius 3 is 2.38 bits per heavy atom. The summed E-state index contributed by atoms with van der Waals surface area (Å²) in [4.78, 5) is 34.0. The molecule has 0 radical (unpaired) electrons. The van der Waals surface area contributed by atoms with E-state index in [1.54, 1.807) is 9.80 Å². The fraction of sp³-hybridized carbons (Fsp3) is 0.405. The third-order valence-electron chi connectivity index (χ3n) is 9.24. The zero-order valence-corrected chi connectivity index (χ0v) is 27.3. The largest absolute Gasteiger partial charge is 0.394 e. The number of aliphatic hydroxyl groups is 1. The van der Waals surface area contributed by atoms with E-state index in [2.05, 4.69) is 19.1 Å². The van der Waals surface area contributed by atoms with Crippen LogP contribution in [-0.4, -0.2) is 95.2 Å². The summed E-state index contributed by atoms with van der Waals surface area (Å²) in [6.45, 7) is 4.84. The van der Waals surface area contributed by atoms with E-state index in [9.17, 15) is 14.7 Å². The van der Waals surface area contributed by atoms with Crippen molar-refractivity contribution < 1.29 is 19.4 Å². The molecule has 2 amide bonds. The standard InChI is InChI=1S/C37H46N4O4/c1-25-21-41(26(2)23-42)37(44)35-34(30-18-12-13-19-31(30)40(35)6)29-17-11-10-16-28(29)24-45-33(25)22-39(5)36(43)32(38(3)4)20-27-14-8-7-9-15-27/h7-19,25-26,32-33,42H,20-24H2,1-6H3/t25-,26-,32-,33+/m1/s1. The van der Waals surface area contributed by atoms with Crippen LogP contribution in [0.5, 0.6) is 0 Å². The summed E-state index contributed by atoms with van der Waals surface area (Å²) in [6.07, 6.45) is 0.249. The van der Waals surface area contributed by atoms with Crippen LogP contribution in [-0.2, 0) is 29.6 Å². The monoisotopic (exact) mass is 610 g/mol. The molecule has 8 nitrogen and oxygen atoms in total. The third kappa shape index (κ3) is 6.69. The number of rotatable bonds is 8. The first kappa shape index (κ1) is 32.4. The number of aliphatic hydroxyl groups excluding tert-OH is 1. The maximum atomic E-state index is 14.6. The van der Waals surface area contributed by atoms with Crippen molar-refractivity contribution in [3.63, 3.8) is 0 Å². The highest BCUT2D eigenvalue weighted by atomic mass is 16.5. The molecule has 4 atom stereocenters. The molecule has 0 saturated heterocycles. The number of nitrogens with zero attached hydrogens (tertiary/aromatic N) is 4. The van der Waals surface area contributed by atoms with Crippen molar-refractivity contribution in [2.45, 2.75) is 45.1 Å². The van der Waals surface area contributed by atoms with E-state index in [1.165, 1.54) is 0 Å². The molecule has 0 bridgehead atoms. The Kier molecular flexibility index (Phi) is 10.1. The number of para-hydroxylation sites is 1. The minimum atomic E-state index is -0.411. The highest BCUT2D eigenvalue weighted by molar-refractivity contribution is 6.10. The van der Waals surface area contributed by atoms with Gasteiger partial charge >= 0.3 is 0 Å². The van der Waals surface area contributed by atoms with Gasteiger partial charge in [0.15, 0.2) is 0 Å². The second-order valence-electron chi connectivity index (χ2n) is 12.7. The van der Waals surface area contributed by atoms with Gasteiger partial charge in [-0.25, -0.2) is 0 Å². The summed E-state index contributed by atoms with van der Waals surface area (Å²) < 4.78 is 8.68. The lowest BCUT2D eigenvalue weighted by Crippen LogP contribution is -2.50. The highest BCUT2D eigenvalue weighted by Gasteiger charge is 2.34. The zero-order valence-electron chi connectivity index (χ0n) is 27.3. The van der Waals surface area contributed by atoms with Crippen molar-refractivity contribution in [1.82, 2.24) is 19.3 Å². The van der Waals surface area contributed by atoms with Gasteiger partial charge in [-0.05, 0) is 50.2 Å². The van der Waals surface area contributed by atoms with Gasteiger partial charge in [0.05, 0.1) is 31.4 Å². The van der Waals surface area contributed by atoms with Gasteiger partial charge in [-0.1, -0.05) is 79.7 Å².